The Kier molecular flexibility index (Phi) is 5.33. The van der Waals surface area contributed by atoms with Crippen LogP contribution in [0.15, 0.2) is 36.2 Å². The maximum absolute atomic E-state index is 13.1. The van der Waals surface area contributed by atoms with Crippen molar-refractivity contribution >= 4 is 11.8 Å². The van der Waals surface area contributed by atoms with E-state index in [9.17, 15) is 24.2 Å². The number of aliphatic hydroxyl groups is 2. The molecule has 9 heteroatoms. The van der Waals surface area contributed by atoms with Crippen LogP contribution in [-0.4, -0.2) is 58.3 Å². The van der Waals surface area contributed by atoms with Crippen LogP contribution in [0.1, 0.15) is 18.4 Å². The maximum atomic E-state index is 13.1. The molecule has 5 N–H and O–H groups in total. The standard InChI is InChI=1S/C18H23FN4O4/c1-23-7-6-13(24)8-15(23)18(21-10-14(25)16(26)22-18)17(27)20-9-11-2-4-12(19)5-3-11/h2-5,10,13,15,21,24-25H,6-9H2,1H3,(H,20,27)(H,22,26)/t13-,15+,18?/m1/s1. The van der Waals surface area contributed by atoms with Gasteiger partial charge in [-0.15, -0.1) is 0 Å². The van der Waals surface area contributed by atoms with Gasteiger partial charge in [-0.05, 0) is 37.6 Å². The molecule has 3 rings (SSSR count). The number of likely N-dealkylation sites (N-methyl/N-ethyl adjacent to an activating group) is 1. The van der Waals surface area contributed by atoms with Crippen molar-refractivity contribution in [1.82, 2.24) is 20.9 Å². The minimum Gasteiger partial charge on any atom is -0.502 e. The Balaban J connectivity index is 1.84. The molecule has 1 fully saturated rings. The first-order chi connectivity index (χ1) is 12.8. The molecule has 0 aromatic heterocycles. The number of piperidine rings is 1. The minimum atomic E-state index is -1.56. The van der Waals surface area contributed by atoms with Crippen molar-refractivity contribution < 1.29 is 24.2 Å². The summed E-state index contributed by atoms with van der Waals surface area (Å²) in [5.41, 5.74) is -0.864. The highest BCUT2D eigenvalue weighted by molar-refractivity contribution is 5.99. The molecule has 8 nitrogen and oxygen atoms in total. The molecular weight excluding hydrogens is 355 g/mol. The summed E-state index contributed by atoms with van der Waals surface area (Å²) in [6.45, 7) is 0.680. The molecule has 1 unspecified atom stereocenters. The summed E-state index contributed by atoms with van der Waals surface area (Å²) < 4.78 is 13.0. The highest BCUT2D eigenvalue weighted by Crippen LogP contribution is 2.26. The molecule has 27 heavy (non-hydrogen) atoms. The molecule has 1 saturated heterocycles. The van der Waals surface area contributed by atoms with Crippen molar-refractivity contribution in [1.29, 1.82) is 0 Å². The number of aliphatic hydroxyl groups excluding tert-OH is 2. The molecule has 0 bridgehead atoms. The molecule has 0 radical (unpaired) electrons. The minimum absolute atomic E-state index is 0.132. The van der Waals surface area contributed by atoms with Crippen molar-refractivity contribution in [3.05, 3.63) is 47.6 Å². The molecule has 0 aliphatic carbocycles. The summed E-state index contributed by atoms with van der Waals surface area (Å²) in [4.78, 5) is 27.0. The highest BCUT2D eigenvalue weighted by atomic mass is 19.1. The lowest BCUT2D eigenvalue weighted by Gasteiger charge is -2.48. The first-order valence-corrected chi connectivity index (χ1v) is 8.72. The van der Waals surface area contributed by atoms with E-state index in [4.69, 9.17) is 0 Å². The third kappa shape index (κ3) is 3.88. The van der Waals surface area contributed by atoms with Crippen molar-refractivity contribution in [3.63, 3.8) is 0 Å². The van der Waals surface area contributed by atoms with Crippen LogP contribution in [0.4, 0.5) is 4.39 Å². The normalized spacial score (nSPS) is 28.7. The smallest absolute Gasteiger partial charge is 0.289 e. The number of nitrogens with one attached hydrogen (secondary N) is 3. The number of rotatable bonds is 4. The van der Waals surface area contributed by atoms with Crippen LogP contribution in [0.3, 0.4) is 0 Å². The first kappa shape index (κ1) is 19.1. The van der Waals surface area contributed by atoms with E-state index in [-0.39, 0.29) is 18.8 Å². The van der Waals surface area contributed by atoms with E-state index in [1.165, 1.54) is 12.1 Å². The van der Waals surface area contributed by atoms with E-state index in [1.54, 1.807) is 19.2 Å². The van der Waals surface area contributed by atoms with Crippen LogP contribution in [0.5, 0.6) is 0 Å². The molecule has 0 saturated carbocycles. The van der Waals surface area contributed by atoms with Crippen molar-refractivity contribution in [2.45, 2.75) is 37.2 Å². The van der Waals surface area contributed by atoms with E-state index >= 15 is 0 Å². The van der Waals surface area contributed by atoms with Gasteiger partial charge in [0.15, 0.2) is 5.76 Å². The number of carbonyl (C=O) groups excluding carboxylic acids is 2. The zero-order valence-electron chi connectivity index (χ0n) is 14.9. The lowest BCUT2D eigenvalue weighted by molar-refractivity contribution is -0.141. The molecule has 2 aliphatic rings. The Morgan fingerprint density at radius 1 is 1.41 bits per heavy atom. The SMILES string of the molecule is CN1CC[C@@H](O)C[C@H]1C1(C(=O)NCc2ccc(F)cc2)NC=C(O)C(=O)N1. The fraction of sp³-hybridized carbons (Fsp3) is 0.444. The molecule has 2 amide bonds. The highest BCUT2D eigenvalue weighted by Gasteiger charge is 2.52. The van der Waals surface area contributed by atoms with Crippen molar-refractivity contribution in [2.75, 3.05) is 13.6 Å². The number of halogens is 1. The molecule has 0 spiro atoms. The van der Waals surface area contributed by atoms with Gasteiger partial charge in [-0.3, -0.25) is 14.5 Å². The van der Waals surface area contributed by atoms with Crippen LogP contribution in [-0.2, 0) is 16.1 Å². The van der Waals surface area contributed by atoms with E-state index in [1.807, 2.05) is 4.90 Å². The van der Waals surface area contributed by atoms with Gasteiger partial charge in [-0.2, -0.15) is 0 Å². The van der Waals surface area contributed by atoms with Gasteiger partial charge in [0, 0.05) is 19.3 Å². The number of benzene rings is 1. The number of amides is 2. The Morgan fingerprint density at radius 2 is 2.11 bits per heavy atom. The van der Waals surface area contributed by atoms with Crippen LogP contribution in [0.25, 0.3) is 0 Å². The van der Waals surface area contributed by atoms with E-state index < -0.39 is 35.4 Å². The van der Waals surface area contributed by atoms with Crippen LogP contribution < -0.4 is 16.0 Å². The Labute approximate surface area is 156 Å². The van der Waals surface area contributed by atoms with Crippen molar-refractivity contribution in [3.8, 4) is 0 Å². The number of hydrogen-bond acceptors (Lipinski definition) is 6. The molecule has 146 valence electrons. The largest absolute Gasteiger partial charge is 0.502 e. The van der Waals surface area contributed by atoms with Crippen LogP contribution in [0, 0.1) is 5.82 Å². The van der Waals surface area contributed by atoms with Gasteiger partial charge in [-0.1, -0.05) is 12.1 Å². The zero-order chi connectivity index (χ0) is 19.6. The predicted octanol–water partition coefficient (Wildman–Crippen LogP) is -0.288. The monoisotopic (exact) mass is 378 g/mol. The predicted molar refractivity (Wildman–Crippen MR) is 94.6 cm³/mol. The molecule has 2 aliphatic heterocycles. The molecule has 3 atom stereocenters. The molecule has 1 aromatic carbocycles. The second-order valence-corrected chi connectivity index (χ2v) is 6.92. The third-order valence-corrected chi connectivity index (χ3v) is 5.05. The Morgan fingerprint density at radius 3 is 2.78 bits per heavy atom. The Hall–Kier alpha value is -2.65. The number of nitrogens with zero attached hydrogens (tertiary/aromatic N) is 1. The van der Waals surface area contributed by atoms with Crippen LogP contribution >= 0.6 is 0 Å². The average molecular weight is 378 g/mol. The van der Waals surface area contributed by atoms with E-state index in [0.29, 0.717) is 18.5 Å². The number of hydrogen-bond donors (Lipinski definition) is 5. The zero-order valence-corrected chi connectivity index (χ0v) is 14.9. The molecule has 2 heterocycles. The maximum Gasteiger partial charge on any atom is 0.289 e. The van der Waals surface area contributed by atoms with Gasteiger partial charge in [0.05, 0.1) is 12.1 Å². The van der Waals surface area contributed by atoms with Gasteiger partial charge in [0.1, 0.15) is 5.82 Å². The van der Waals surface area contributed by atoms with Gasteiger partial charge >= 0.3 is 0 Å². The molecule has 1 aromatic rings. The summed E-state index contributed by atoms with van der Waals surface area (Å²) in [5.74, 6) is -2.20. The third-order valence-electron chi connectivity index (χ3n) is 5.05. The fourth-order valence-corrected chi connectivity index (χ4v) is 3.48. The van der Waals surface area contributed by atoms with Gasteiger partial charge in [0.2, 0.25) is 5.66 Å². The number of likely N-dealkylation sites (tertiary alicyclic amines) is 1. The first-order valence-electron chi connectivity index (χ1n) is 8.72. The van der Waals surface area contributed by atoms with Gasteiger partial charge < -0.3 is 26.2 Å². The summed E-state index contributed by atoms with van der Waals surface area (Å²) in [6, 6.07) is 5.16. The topological polar surface area (TPSA) is 114 Å². The number of carbonyl (C=O) groups is 2. The molecular formula is C18H23FN4O4. The van der Waals surface area contributed by atoms with Gasteiger partial charge in [0.25, 0.3) is 11.8 Å². The van der Waals surface area contributed by atoms with Gasteiger partial charge in [-0.25, -0.2) is 4.39 Å². The van der Waals surface area contributed by atoms with Crippen molar-refractivity contribution in [2.24, 2.45) is 0 Å². The average Bonchev–Trinajstić information content (AvgIpc) is 2.65. The lowest BCUT2D eigenvalue weighted by Crippen LogP contribution is -2.77. The summed E-state index contributed by atoms with van der Waals surface area (Å²) in [6.07, 6.45) is 1.31. The quantitative estimate of drug-likeness (QED) is 0.492. The van der Waals surface area contributed by atoms with Crippen LogP contribution in [0.2, 0.25) is 0 Å². The summed E-state index contributed by atoms with van der Waals surface area (Å²) in [5, 5.41) is 27.8. The summed E-state index contributed by atoms with van der Waals surface area (Å²) in [7, 11) is 1.80. The van der Waals surface area contributed by atoms with E-state index in [0.717, 1.165) is 6.20 Å². The Bertz CT molecular complexity index is 754. The second-order valence-electron chi connectivity index (χ2n) is 6.92. The lowest BCUT2D eigenvalue weighted by atomic mass is 9.87. The summed E-state index contributed by atoms with van der Waals surface area (Å²) >= 11 is 0. The second kappa shape index (κ2) is 7.53. The van der Waals surface area contributed by atoms with E-state index in [2.05, 4.69) is 16.0 Å². The fourth-order valence-electron chi connectivity index (χ4n) is 3.48.